The van der Waals surface area contributed by atoms with Crippen LogP contribution in [0.3, 0.4) is 0 Å². The molecule has 0 spiro atoms. The van der Waals surface area contributed by atoms with Crippen molar-refractivity contribution in [2.75, 3.05) is 0 Å². The number of aryl methyl sites for hydroxylation is 2. The molecule has 0 bridgehead atoms. The van der Waals surface area contributed by atoms with Crippen molar-refractivity contribution in [3.05, 3.63) is 69.7 Å². The molecule has 2 aromatic carbocycles. The van der Waals surface area contributed by atoms with Crippen molar-refractivity contribution in [2.45, 2.75) is 32.3 Å². The molecule has 0 aromatic heterocycles. The van der Waals surface area contributed by atoms with E-state index in [0.717, 1.165) is 23.7 Å². The lowest BCUT2D eigenvalue weighted by molar-refractivity contribution is 0.165. The molecule has 2 aromatic rings. The summed E-state index contributed by atoms with van der Waals surface area (Å²) >= 11 is 3.42. The molecule has 0 saturated carbocycles. The van der Waals surface area contributed by atoms with Gasteiger partial charge in [0.25, 0.3) is 0 Å². The molecule has 2 heteroatoms. The Labute approximate surface area is 123 Å². The van der Waals surface area contributed by atoms with E-state index in [-0.39, 0.29) is 6.10 Å². The molecular weight excluding hydrogens is 300 g/mol. The standard InChI is InChI=1S/C17H19BrO/c1-13-3-2-4-14(11-13)7-10-17(19)12-15-5-8-16(18)9-6-15/h2-6,8-9,11,17,19H,7,10,12H2,1H3. The number of hydrogen-bond donors (Lipinski definition) is 1. The van der Waals surface area contributed by atoms with Gasteiger partial charge in [-0.2, -0.15) is 0 Å². The van der Waals surface area contributed by atoms with Crippen LogP contribution in [0.25, 0.3) is 0 Å². The van der Waals surface area contributed by atoms with E-state index in [1.54, 1.807) is 0 Å². The lowest BCUT2D eigenvalue weighted by atomic mass is 10.0. The number of hydrogen-bond acceptors (Lipinski definition) is 1. The first-order chi connectivity index (χ1) is 9.13. The van der Waals surface area contributed by atoms with Crippen LogP contribution in [-0.4, -0.2) is 11.2 Å². The zero-order chi connectivity index (χ0) is 13.7. The molecule has 0 aliphatic rings. The predicted octanol–water partition coefficient (Wildman–Crippen LogP) is 4.29. The maximum atomic E-state index is 10.1. The number of aliphatic hydroxyl groups excluding tert-OH is 1. The zero-order valence-corrected chi connectivity index (χ0v) is 12.7. The van der Waals surface area contributed by atoms with Crippen molar-refractivity contribution in [1.82, 2.24) is 0 Å². The van der Waals surface area contributed by atoms with Crippen LogP contribution in [0.15, 0.2) is 53.0 Å². The van der Waals surface area contributed by atoms with Crippen LogP contribution in [0.4, 0.5) is 0 Å². The fourth-order valence-corrected chi connectivity index (χ4v) is 2.46. The third-order valence-corrected chi connectivity index (χ3v) is 3.76. The average Bonchev–Trinajstić information content (AvgIpc) is 2.39. The van der Waals surface area contributed by atoms with Crippen LogP contribution >= 0.6 is 15.9 Å². The van der Waals surface area contributed by atoms with Gasteiger partial charge in [-0.3, -0.25) is 0 Å². The normalized spacial score (nSPS) is 12.4. The first-order valence-electron chi connectivity index (χ1n) is 6.61. The molecule has 2 rings (SSSR count). The van der Waals surface area contributed by atoms with Gasteiger partial charge in [0.05, 0.1) is 6.10 Å². The van der Waals surface area contributed by atoms with Crippen LogP contribution in [-0.2, 0) is 12.8 Å². The van der Waals surface area contributed by atoms with Crippen LogP contribution in [0.2, 0.25) is 0 Å². The molecule has 0 amide bonds. The largest absolute Gasteiger partial charge is 0.393 e. The number of aliphatic hydroxyl groups is 1. The van der Waals surface area contributed by atoms with E-state index in [1.807, 2.05) is 12.1 Å². The number of halogens is 1. The predicted molar refractivity (Wildman–Crippen MR) is 83.4 cm³/mol. The summed E-state index contributed by atoms with van der Waals surface area (Å²) in [5.74, 6) is 0. The van der Waals surface area contributed by atoms with Gasteiger partial charge in [0.1, 0.15) is 0 Å². The summed E-state index contributed by atoms with van der Waals surface area (Å²) in [7, 11) is 0. The number of benzene rings is 2. The Morgan fingerprint density at radius 1 is 1.05 bits per heavy atom. The molecule has 0 aliphatic carbocycles. The van der Waals surface area contributed by atoms with E-state index in [0.29, 0.717) is 0 Å². The van der Waals surface area contributed by atoms with Gasteiger partial charge in [0, 0.05) is 4.47 Å². The van der Waals surface area contributed by atoms with Gasteiger partial charge in [-0.25, -0.2) is 0 Å². The van der Waals surface area contributed by atoms with Gasteiger partial charge in [-0.1, -0.05) is 57.9 Å². The lowest BCUT2D eigenvalue weighted by Gasteiger charge is -2.11. The van der Waals surface area contributed by atoms with Gasteiger partial charge >= 0.3 is 0 Å². The van der Waals surface area contributed by atoms with Crippen molar-refractivity contribution in [1.29, 1.82) is 0 Å². The Morgan fingerprint density at radius 3 is 2.47 bits per heavy atom. The average molecular weight is 319 g/mol. The molecule has 19 heavy (non-hydrogen) atoms. The van der Waals surface area contributed by atoms with Crippen LogP contribution in [0.5, 0.6) is 0 Å². The summed E-state index contributed by atoms with van der Waals surface area (Å²) in [6.45, 7) is 2.10. The van der Waals surface area contributed by atoms with Gasteiger partial charge in [-0.05, 0) is 49.4 Å². The highest BCUT2D eigenvalue weighted by atomic mass is 79.9. The van der Waals surface area contributed by atoms with Crippen molar-refractivity contribution < 1.29 is 5.11 Å². The highest BCUT2D eigenvalue weighted by Crippen LogP contribution is 2.14. The summed E-state index contributed by atoms with van der Waals surface area (Å²) < 4.78 is 1.07. The van der Waals surface area contributed by atoms with Crippen molar-refractivity contribution in [3.8, 4) is 0 Å². The van der Waals surface area contributed by atoms with Crippen LogP contribution in [0, 0.1) is 6.92 Å². The van der Waals surface area contributed by atoms with Crippen LogP contribution < -0.4 is 0 Å². The Morgan fingerprint density at radius 2 is 1.79 bits per heavy atom. The minimum atomic E-state index is -0.276. The monoisotopic (exact) mass is 318 g/mol. The van der Waals surface area contributed by atoms with E-state index in [9.17, 15) is 5.11 Å². The quantitative estimate of drug-likeness (QED) is 0.871. The fourth-order valence-electron chi connectivity index (χ4n) is 2.20. The Bertz CT molecular complexity index is 519. The number of rotatable bonds is 5. The molecular formula is C17H19BrO. The van der Waals surface area contributed by atoms with E-state index in [4.69, 9.17) is 0 Å². The smallest absolute Gasteiger partial charge is 0.0583 e. The molecule has 0 saturated heterocycles. The van der Waals surface area contributed by atoms with Crippen molar-refractivity contribution in [3.63, 3.8) is 0 Å². The third kappa shape index (κ3) is 4.81. The molecule has 0 fully saturated rings. The SMILES string of the molecule is Cc1cccc(CCC(O)Cc2ccc(Br)cc2)c1. The van der Waals surface area contributed by atoms with Crippen LogP contribution in [0.1, 0.15) is 23.1 Å². The topological polar surface area (TPSA) is 20.2 Å². The first-order valence-corrected chi connectivity index (χ1v) is 7.41. The molecule has 1 unspecified atom stereocenters. The second-order valence-electron chi connectivity index (χ2n) is 5.01. The van der Waals surface area contributed by atoms with E-state index in [2.05, 4.69) is 59.3 Å². The fraction of sp³-hybridized carbons (Fsp3) is 0.294. The van der Waals surface area contributed by atoms with Gasteiger partial charge in [0.15, 0.2) is 0 Å². The van der Waals surface area contributed by atoms with E-state index >= 15 is 0 Å². The highest BCUT2D eigenvalue weighted by molar-refractivity contribution is 9.10. The Hall–Kier alpha value is -1.12. The molecule has 0 heterocycles. The zero-order valence-electron chi connectivity index (χ0n) is 11.1. The van der Waals surface area contributed by atoms with Gasteiger partial charge in [0.2, 0.25) is 0 Å². The van der Waals surface area contributed by atoms with Crippen molar-refractivity contribution >= 4 is 15.9 Å². The second kappa shape index (κ2) is 6.88. The second-order valence-corrected chi connectivity index (χ2v) is 5.93. The summed E-state index contributed by atoms with van der Waals surface area (Å²) in [4.78, 5) is 0. The summed E-state index contributed by atoms with van der Waals surface area (Å²) in [6.07, 6.45) is 2.18. The molecule has 1 nitrogen and oxygen atoms in total. The molecule has 1 N–H and O–H groups in total. The Kier molecular flexibility index (Phi) is 5.17. The lowest BCUT2D eigenvalue weighted by Crippen LogP contribution is -2.11. The van der Waals surface area contributed by atoms with Gasteiger partial charge in [-0.15, -0.1) is 0 Å². The highest BCUT2D eigenvalue weighted by Gasteiger charge is 2.06. The minimum Gasteiger partial charge on any atom is -0.393 e. The first kappa shape index (κ1) is 14.3. The van der Waals surface area contributed by atoms with E-state index in [1.165, 1.54) is 16.7 Å². The summed E-state index contributed by atoms with van der Waals surface area (Å²) in [5.41, 5.74) is 3.76. The van der Waals surface area contributed by atoms with Crippen molar-refractivity contribution in [2.24, 2.45) is 0 Å². The minimum absolute atomic E-state index is 0.276. The maximum absolute atomic E-state index is 10.1. The Balaban J connectivity index is 1.84. The molecule has 1 atom stereocenters. The molecule has 100 valence electrons. The maximum Gasteiger partial charge on any atom is 0.0583 e. The molecule has 0 aliphatic heterocycles. The summed E-state index contributed by atoms with van der Waals surface area (Å²) in [5, 5.41) is 10.1. The third-order valence-electron chi connectivity index (χ3n) is 3.23. The van der Waals surface area contributed by atoms with Gasteiger partial charge < -0.3 is 5.11 Å². The summed E-state index contributed by atoms with van der Waals surface area (Å²) in [6, 6.07) is 16.6. The van der Waals surface area contributed by atoms with E-state index < -0.39 is 0 Å². The molecule has 0 radical (unpaired) electrons.